The highest BCUT2D eigenvalue weighted by Gasteiger charge is 2.12. The third kappa shape index (κ3) is 3.28. The molecule has 130 valence electrons. The normalized spacial score (nSPS) is 11.0. The van der Waals surface area contributed by atoms with E-state index in [0.717, 1.165) is 47.1 Å². The van der Waals surface area contributed by atoms with Crippen LogP contribution in [0.3, 0.4) is 0 Å². The van der Waals surface area contributed by atoms with Crippen molar-refractivity contribution >= 4 is 33.9 Å². The van der Waals surface area contributed by atoms with Crippen molar-refractivity contribution in [3.63, 3.8) is 0 Å². The summed E-state index contributed by atoms with van der Waals surface area (Å²) in [6.07, 6.45) is 4.11. The quantitative estimate of drug-likeness (QED) is 0.636. The van der Waals surface area contributed by atoms with Crippen LogP contribution in [-0.4, -0.2) is 14.8 Å². The lowest BCUT2D eigenvalue weighted by atomic mass is 10.1. The number of pyridine rings is 1. The van der Waals surface area contributed by atoms with Crippen LogP contribution in [0, 0.1) is 6.92 Å². The smallest absolute Gasteiger partial charge is 0.142 e. The number of aromatic nitrogens is 3. The van der Waals surface area contributed by atoms with E-state index in [1.807, 2.05) is 36.0 Å². The third-order valence-electron chi connectivity index (χ3n) is 4.26. The zero-order valence-electron chi connectivity index (χ0n) is 14.7. The summed E-state index contributed by atoms with van der Waals surface area (Å²) in [7, 11) is 0. The lowest BCUT2D eigenvalue weighted by molar-refractivity contribution is 0.588. The fourth-order valence-electron chi connectivity index (χ4n) is 2.79. The van der Waals surface area contributed by atoms with Crippen LogP contribution in [0.5, 0.6) is 0 Å². The van der Waals surface area contributed by atoms with E-state index in [1.54, 1.807) is 0 Å². The Bertz CT molecular complexity index is 925. The van der Waals surface area contributed by atoms with Crippen molar-refractivity contribution in [2.24, 2.45) is 5.73 Å². The largest absolute Gasteiger partial charge is 0.399 e. The van der Waals surface area contributed by atoms with E-state index in [1.165, 1.54) is 0 Å². The lowest BCUT2D eigenvalue weighted by Gasteiger charge is -2.14. The molecule has 0 aliphatic heterocycles. The van der Waals surface area contributed by atoms with Gasteiger partial charge in [0, 0.05) is 23.2 Å². The average Bonchev–Trinajstić information content (AvgIpc) is 3.00. The first-order chi connectivity index (χ1) is 12.0. The molecule has 25 heavy (non-hydrogen) atoms. The van der Waals surface area contributed by atoms with Crippen molar-refractivity contribution in [2.45, 2.75) is 33.2 Å². The van der Waals surface area contributed by atoms with Gasteiger partial charge in [-0.25, -0.2) is 4.98 Å². The Morgan fingerprint density at radius 2 is 2.16 bits per heavy atom. The van der Waals surface area contributed by atoms with Gasteiger partial charge in [0.15, 0.2) is 0 Å². The minimum Gasteiger partial charge on any atom is -0.399 e. The Balaban J connectivity index is 2.03. The maximum Gasteiger partial charge on any atom is 0.142 e. The van der Waals surface area contributed by atoms with Gasteiger partial charge in [-0.3, -0.25) is 4.68 Å². The second-order valence-electron chi connectivity index (χ2n) is 6.20. The molecule has 0 aliphatic carbocycles. The summed E-state index contributed by atoms with van der Waals surface area (Å²) < 4.78 is 2.03. The Morgan fingerprint density at radius 1 is 1.36 bits per heavy atom. The zero-order chi connectivity index (χ0) is 18.0. The van der Waals surface area contributed by atoms with E-state index >= 15 is 0 Å². The number of unbranched alkanes of at least 4 members (excludes halogenated alkanes) is 1. The number of nitrogens with zero attached hydrogens (tertiary/aromatic N) is 3. The predicted octanol–water partition coefficient (Wildman–Crippen LogP) is 3.80. The summed E-state index contributed by atoms with van der Waals surface area (Å²) in [5, 5.41) is 8.90. The molecule has 3 rings (SSSR count). The highest BCUT2D eigenvalue weighted by molar-refractivity contribution is 5.94. The number of fused-ring (bicyclic) bond motifs is 1. The van der Waals surface area contributed by atoms with Gasteiger partial charge in [-0.15, -0.1) is 0 Å². The molecule has 0 aliphatic rings. The molecule has 0 radical (unpaired) electrons. The monoisotopic (exact) mass is 336 g/mol. The van der Waals surface area contributed by atoms with Gasteiger partial charge in [0.25, 0.3) is 0 Å². The van der Waals surface area contributed by atoms with Gasteiger partial charge in [-0.2, -0.15) is 5.10 Å². The van der Waals surface area contributed by atoms with Gasteiger partial charge in [0.05, 0.1) is 17.4 Å². The minimum atomic E-state index is 0.448. The summed E-state index contributed by atoms with van der Waals surface area (Å²) in [5.41, 5.74) is 16.0. The molecule has 0 amide bonds. The Hall–Kier alpha value is -3.02. The van der Waals surface area contributed by atoms with Crippen LogP contribution in [0.1, 0.15) is 30.9 Å². The van der Waals surface area contributed by atoms with Gasteiger partial charge >= 0.3 is 0 Å². The maximum atomic E-state index is 5.98. The van der Waals surface area contributed by atoms with Crippen LogP contribution >= 0.6 is 0 Å². The first-order valence-corrected chi connectivity index (χ1v) is 8.44. The molecule has 0 saturated heterocycles. The fraction of sp³-hybridized carbons (Fsp3) is 0.263. The second-order valence-corrected chi connectivity index (χ2v) is 6.20. The molecular weight excluding hydrogens is 312 g/mol. The molecule has 2 aromatic heterocycles. The highest BCUT2D eigenvalue weighted by Crippen LogP contribution is 2.30. The van der Waals surface area contributed by atoms with Crippen molar-refractivity contribution in [1.82, 2.24) is 14.8 Å². The van der Waals surface area contributed by atoms with Gasteiger partial charge in [0.2, 0.25) is 0 Å². The van der Waals surface area contributed by atoms with E-state index in [2.05, 4.69) is 35.0 Å². The zero-order valence-corrected chi connectivity index (χ0v) is 14.7. The number of rotatable bonds is 6. The Kier molecular flexibility index (Phi) is 4.61. The number of hydrogen-bond acceptors (Lipinski definition) is 5. The summed E-state index contributed by atoms with van der Waals surface area (Å²) in [4.78, 5) is 4.45. The van der Waals surface area contributed by atoms with E-state index in [4.69, 9.17) is 11.5 Å². The van der Waals surface area contributed by atoms with Crippen molar-refractivity contribution < 1.29 is 0 Å². The molecule has 0 spiro atoms. The predicted molar refractivity (Wildman–Crippen MR) is 105 cm³/mol. The first kappa shape index (κ1) is 16.8. The van der Waals surface area contributed by atoms with E-state index in [9.17, 15) is 0 Å². The highest BCUT2D eigenvalue weighted by atomic mass is 15.3. The van der Waals surface area contributed by atoms with Gasteiger partial charge in [0.1, 0.15) is 11.6 Å². The van der Waals surface area contributed by atoms with Gasteiger partial charge < -0.3 is 16.8 Å². The number of nitrogens with one attached hydrogen (secondary N) is 1. The van der Waals surface area contributed by atoms with Crippen molar-refractivity contribution in [3.05, 3.63) is 48.2 Å². The Morgan fingerprint density at radius 3 is 2.88 bits per heavy atom. The molecule has 3 aromatic rings. The first-order valence-electron chi connectivity index (χ1n) is 8.44. The SMILES string of the molecule is C=C(N)c1cc(C)c(N)nc1Nc1cccc2c1cnn2CCCC. The number of anilines is 3. The number of hydrogen-bond donors (Lipinski definition) is 3. The van der Waals surface area contributed by atoms with Crippen molar-refractivity contribution in [1.29, 1.82) is 0 Å². The third-order valence-corrected chi connectivity index (χ3v) is 4.26. The van der Waals surface area contributed by atoms with Crippen LogP contribution in [0.25, 0.3) is 16.6 Å². The van der Waals surface area contributed by atoms with E-state index in [-0.39, 0.29) is 0 Å². The lowest BCUT2D eigenvalue weighted by Crippen LogP contribution is -2.06. The standard InChI is InChI=1S/C19H24N6/c1-4-5-9-25-17-8-6-7-16(15(17)11-22-25)23-19-14(13(3)20)10-12(2)18(21)24-19/h6-8,10-11H,3-5,9,20H2,1-2H3,(H3,21,23,24). The minimum absolute atomic E-state index is 0.448. The van der Waals surface area contributed by atoms with Gasteiger partial charge in [-0.1, -0.05) is 26.0 Å². The van der Waals surface area contributed by atoms with Crippen molar-refractivity contribution in [3.8, 4) is 0 Å². The molecular formula is C19H24N6. The van der Waals surface area contributed by atoms with Crippen LogP contribution < -0.4 is 16.8 Å². The average molecular weight is 336 g/mol. The summed E-state index contributed by atoms with van der Waals surface area (Å²) in [6, 6.07) is 7.97. The van der Waals surface area contributed by atoms with Gasteiger partial charge in [-0.05, 0) is 37.1 Å². The molecule has 0 unspecified atom stereocenters. The Labute approximate surface area is 147 Å². The maximum absolute atomic E-state index is 5.98. The summed E-state index contributed by atoms with van der Waals surface area (Å²) in [5.74, 6) is 1.07. The number of benzene rings is 1. The topological polar surface area (TPSA) is 94.8 Å². The van der Waals surface area contributed by atoms with Crippen LogP contribution in [0.2, 0.25) is 0 Å². The molecule has 0 fully saturated rings. The molecule has 5 N–H and O–H groups in total. The molecule has 0 saturated carbocycles. The van der Waals surface area contributed by atoms with Crippen molar-refractivity contribution in [2.75, 3.05) is 11.1 Å². The van der Waals surface area contributed by atoms with Crippen LogP contribution in [0.4, 0.5) is 17.3 Å². The van der Waals surface area contributed by atoms with E-state index < -0.39 is 0 Å². The molecule has 0 bridgehead atoms. The summed E-state index contributed by atoms with van der Waals surface area (Å²) >= 11 is 0. The molecule has 6 nitrogen and oxygen atoms in total. The molecule has 1 aromatic carbocycles. The van der Waals surface area contributed by atoms with E-state index in [0.29, 0.717) is 17.3 Å². The second kappa shape index (κ2) is 6.84. The summed E-state index contributed by atoms with van der Waals surface area (Å²) in [6.45, 7) is 8.82. The van der Waals surface area contributed by atoms with Crippen LogP contribution in [0.15, 0.2) is 37.0 Å². The number of aryl methyl sites for hydroxylation is 2. The number of nitrogens with two attached hydrogens (primary N) is 2. The molecule has 0 atom stereocenters. The molecule has 6 heteroatoms. The fourth-order valence-corrected chi connectivity index (χ4v) is 2.79. The molecule has 2 heterocycles. The van der Waals surface area contributed by atoms with Crippen LogP contribution in [-0.2, 0) is 6.54 Å². The number of nitrogen functional groups attached to an aromatic ring is 1.